The standard InChI is InChI=1S/C31H26F2N2O3/c1-19-7-14-23(17-27(19)33)34-30(36)28-25-5-3-4-6-26(25)31(37)35(18-20-8-12-22(32)13-9-20)29(28)21-10-15-24(38-2)16-11-21/h3-17,28-29H,18H2,1-2H3,(H,34,36). The summed E-state index contributed by atoms with van der Waals surface area (Å²) in [6, 6.07) is 24.0. The van der Waals surface area contributed by atoms with Gasteiger partial charge in [0.05, 0.1) is 19.1 Å². The highest BCUT2D eigenvalue weighted by molar-refractivity contribution is 6.04. The van der Waals surface area contributed by atoms with Gasteiger partial charge in [0.1, 0.15) is 17.4 Å². The molecule has 0 saturated carbocycles. The number of halogens is 2. The fourth-order valence-electron chi connectivity index (χ4n) is 4.90. The van der Waals surface area contributed by atoms with Crippen LogP contribution in [0.1, 0.15) is 44.6 Å². The minimum atomic E-state index is -0.804. The largest absolute Gasteiger partial charge is 0.497 e. The van der Waals surface area contributed by atoms with Crippen LogP contribution in [0.25, 0.3) is 0 Å². The van der Waals surface area contributed by atoms with Gasteiger partial charge in [-0.25, -0.2) is 8.78 Å². The molecule has 0 radical (unpaired) electrons. The average Bonchev–Trinajstić information content (AvgIpc) is 2.93. The van der Waals surface area contributed by atoms with Crippen LogP contribution in [-0.2, 0) is 11.3 Å². The number of anilines is 1. The third kappa shape index (κ3) is 4.87. The molecule has 0 bridgehead atoms. The molecular formula is C31H26F2N2O3. The van der Waals surface area contributed by atoms with Crippen molar-refractivity contribution in [3.05, 3.63) is 130 Å². The van der Waals surface area contributed by atoms with Crippen LogP contribution in [0.4, 0.5) is 14.5 Å². The Labute approximate surface area is 219 Å². The first-order valence-electron chi connectivity index (χ1n) is 12.2. The molecule has 5 rings (SSSR count). The van der Waals surface area contributed by atoms with E-state index < -0.39 is 17.8 Å². The van der Waals surface area contributed by atoms with Crippen LogP contribution in [0, 0.1) is 18.6 Å². The maximum Gasteiger partial charge on any atom is 0.255 e. The summed E-state index contributed by atoms with van der Waals surface area (Å²) in [7, 11) is 1.56. The third-order valence-electron chi connectivity index (χ3n) is 6.88. The molecular weight excluding hydrogens is 486 g/mol. The molecule has 4 aromatic carbocycles. The van der Waals surface area contributed by atoms with E-state index in [-0.39, 0.29) is 24.2 Å². The lowest BCUT2D eigenvalue weighted by molar-refractivity contribution is -0.119. The van der Waals surface area contributed by atoms with E-state index in [4.69, 9.17) is 4.74 Å². The number of methoxy groups -OCH3 is 1. The van der Waals surface area contributed by atoms with Gasteiger partial charge in [-0.3, -0.25) is 9.59 Å². The van der Waals surface area contributed by atoms with E-state index in [0.717, 1.165) is 11.1 Å². The first-order chi connectivity index (χ1) is 18.4. The van der Waals surface area contributed by atoms with Crippen molar-refractivity contribution in [2.45, 2.75) is 25.4 Å². The molecule has 7 heteroatoms. The summed E-state index contributed by atoms with van der Waals surface area (Å²) in [5.74, 6) is -1.58. The number of carbonyl (C=O) groups excluding carboxylic acids is 2. The molecule has 0 fully saturated rings. The maximum atomic E-state index is 14.3. The van der Waals surface area contributed by atoms with Gasteiger partial charge in [-0.05, 0) is 71.6 Å². The highest BCUT2D eigenvalue weighted by Crippen LogP contribution is 2.44. The molecule has 1 aliphatic heterocycles. The van der Waals surface area contributed by atoms with E-state index in [1.807, 2.05) is 12.1 Å². The molecule has 1 N–H and O–H groups in total. The molecule has 2 atom stereocenters. The lowest BCUT2D eigenvalue weighted by Gasteiger charge is -2.42. The Kier molecular flexibility index (Phi) is 6.92. The lowest BCUT2D eigenvalue weighted by atomic mass is 9.79. The van der Waals surface area contributed by atoms with Crippen molar-refractivity contribution in [2.75, 3.05) is 12.4 Å². The van der Waals surface area contributed by atoms with Crippen LogP contribution < -0.4 is 10.1 Å². The fourth-order valence-corrected chi connectivity index (χ4v) is 4.90. The van der Waals surface area contributed by atoms with Gasteiger partial charge >= 0.3 is 0 Å². The quantitative estimate of drug-likeness (QED) is 0.325. The second-order valence-corrected chi connectivity index (χ2v) is 9.30. The Morgan fingerprint density at radius 3 is 2.34 bits per heavy atom. The molecule has 0 spiro atoms. The molecule has 38 heavy (non-hydrogen) atoms. The highest BCUT2D eigenvalue weighted by atomic mass is 19.1. The normalized spacial score (nSPS) is 16.6. The Morgan fingerprint density at radius 2 is 1.66 bits per heavy atom. The SMILES string of the molecule is COc1ccc(C2C(C(=O)Nc3ccc(C)c(F)c3)c3ccccc3C(=O)N2Cc2ccc(F)cc2)cc1. The monoisotopic (exact) mass is 512 g/mol. The van der Waals surface area contributed by atoms with E-state index in [1.165, 1.54) is 18.2 Å². The van der Waals surface area contributed by atoms with Gasteiger partial charge < -0.3 is 15.0 Å². The number of nitrogens with zero attached hydrogens (tertiary/aromatic N) is 1. The zero-order valence-corrected chi connectivity index (χ0v) is 20.9. The summed E-state index contributed by atoms with van der Waals surface area (Å²) >= 11 is 0. The summed E-state index contributed by atoms with van der Waals surface area (Å²) in [5, 5.41) is 2.86. The lowest BCUT2D eigenvalue weighted by Crippen LogP contribution is -2.45. The Morgan fingerprint density at radius 1 is 0.947 bits per heavy atom. The smallest absolute Gasteiger partial charge is 0.255 e. The fraction of sp³-hybridized carbons (Fsp3) is 0.161. The predicted molar refractivity (Wildman–Crippen MR) is 141 cm³/mol. The van der Waals surface area contributed by atoms with Crippen molar-refractivity contribution in [1.29, 1.82) is 0 Å². The molecule has 0 aromatic heterocycles. The molecule has 0 aliphatic carbocycles. The van der Waals surface area contributed by atoms with Gasteiger partial charge in [-0.15, -0.1) is 0 Å². The minimum Gasteiger partial charge on any atom is -0.497 e. The molecule has 4 aromatic rings. The topological polar surface area (TPSA) is 58.6 Å². The minimum absolute atomic E-state index is 0.160. The molecule has 1 heterocycles. The van der Waals surface area contributed by atoms with Gasteiger partial charge in [0, 0.05) is 17.8 Å². The van der Waals surface area contributed by atoms with E-state index in [9.17, 15) is 18.4 Å². The highest BCUT2D eigenvalue weighted by Gasteiger charge is 2.44. The number of benzene rings is 4. The second-order valence-electron chi connectivity index (χ2n) is 9.30. The Bertz CT molecular complexity index is 1490. The summed E-state index contributed by atoms with van der Waals surface area (Å²) < 4.78 is 33.2. The molecule has 0 saturated heterocycles. The number of carbonyl (C=O) groups is 2. The molecule has 2 amide bonds. The predicted octanol–water partition coefficient (Wildman–Crippen LogP) is 6.40. The summed E-state index contributed by atoms with van der Waals surface area (Å²) in [5.41, 5.74) is 3.24. The number of hydrogen-bond donors (Lipinski definition) is 1. The Balaban J connectivity index is 1.63. The summed E-state index contributed by atoms with van der Waals surface area (Å²) in [6.07, 6.45) is 0. The van der Waals surface area contributed by atoms with Gasteiger partial charge in [0.15, 0.2) is 0 Å². The Hall–Kier alpha value is -4.52. The van der Waals surface area contributed by atoms with E-state index in [1.54, 1.807) is 79.6 Å². The van der Waals surface area contributed by atoms with Crippen LogP contribution in [0.15, 0.2) is 91.0 Å². The number of rotatable bonds is 6. The zero-order chi connectivity index (χ0) is 26.8. The van der Waals surface area contributed by atoms with Crippen LogP contribution in [0.3, 0.4) is 0 Å². The van der Waals surface area contributed by atoms with Crippen molar-refractivity contribution in [1.82, 2.24) is 4.90 Å². The van der Waals surface area contributed by atoms with Gasteiger partial charge in [0.2, 0.25) is 5.91 Å². The number of hydrogen-bond acceptors (Lipinski definition) is 3. The summed E-state index contributed by atoms with van der Waals surface area (Å²) in [6.45, 7) is 1.81. The van der Waals surface area contributed by atoms with Gasteiger partial charge in [-0.1, -0.05) is 48.5 Å². The van der Waals surface area contributed by atoms with Crippen molar-refractivity contribution in [3.8, 4) is 5.75 Å². The third-order valence-corrected chi connectivity index (χ3v) is 6.88. The number of nitrogens with one attached hydrogen (secondary N) is 1. The van der Waals surface area contributed by atoms with Crippen LogP contribution in [-0.4, -0.2) is 23.8 Å². The number of amides is 2. The summed E-state index contributed by atoms with van der Waals surface area (Å²) in [4.78, 5) is 29.4. The zero-order valence-electron chi connectivity index (χ0n) is 20.9. The molecule has 2 unspecified atom stereocenters. The number of ether oxygens (including phenoxy) is 1. The molecule has 5 nitrogen and oxygen atoms in total. The van der Waals surface area contributed by atoms with E-state index in [0.29, 0.717) is 28.1 Å². The van der Waals surface area contributed by atoms with Crippen molar-refractivity contribution in [2.24, 2.45) is 0 Å². The van der Waals surface area contributed by atoms with E-state index >= 15 is 0 Å². The van der Waals surface area contributed by atoms with Gasteiger partial charge in [0.25, 0.3) is 5.91 Å². The van der Waals surface area contributed by atoms with Crippen LogP contribution in [0.5, 0.6) is 5.75 Å². The molecule has 1 aliphatic rings. The first-order valence-corrected chi connectivity index (χ1v) is 12.2. The van der Waals surface area contributed by atoms with Crippen LogP contribution >= 0.6 is 0 Å². The maximum absolute atomic E-state index is 14.3. The first kappa shape index (κ1) is 25.1. The van der Waals surface area contributed by atoms with Crippen LogP contribution in [0.2, 0.25) is 0 Å². The van der Waals surface area contributed by atoms with Crippen molar-refractivity contribution < 1.29 is 23.1 Å². The average molecular weight is 513 g/mol. The van der Waals surface area contributed by atoms with Crippen molar-refractivity contribution >= 4 is 17.5 Å². The van der Waals surface area contributed by atoms with Crippen molar-refractivity contribution in [3.63, 3.8) is 0 Å². The number of aryl methyl sites for hydroxylation is 1. The van der Waals surface area contributed by atoms with E-state index in [2.05, 4.69) is 5.32 Å². The second kappa shape index (κ2) is 10.5. The molecule has 192 valence electrons. The number of fused-ring (bicyclic) bond motifs is 1. The van der Waals surface area contributed by atoms with Gasteiger partial charge in [-0.2, -0.15) is 0 Å².